The Labute approximate surface area is 148 Å². The third-order valence-electron chi connectivity index (χ3n) is 4.57. The summed E-state index contributed by atoms with van der Waals surface area (Å²) in [6.07, 6.45) is 0. The molecule has 0 bridgehead atoms. The number of carbonyl (C=O) groups is 1. The van der Waals surface area contributed by atoms with E-state index in [-0.39, 0.29) is 11.5 Å². The standard InChI is InChI=1S/C21H24N2O2/c1-13-6-8-16(9-7-13)23-14(2)20(15(3)24)21-17(12-22(4)5)19(25)11-10-18(21)23/h6-11,25H,12H2,1-5H3. The fraction of sp³-hybridized carbons (Fsp3) is 0.286. The van der Waals surface area contributed by atoms with Gasteiger partial charge in [-0.3, -0.25) is 4.79 Å². The van der Waals surface area contributed by atoms with E-state index in [9.17, 15) is 9.90 Å². The van der Waals surface area contributed by atoms with E-state index in [0.717, 1.165) is 27.8 Å². The van der Waals surface area contributed by atoms with Gasteiger partial charge in [-0.2, -0.15) is 0 Å². The van der Waals surface area contributed by atoms with Crippen molar-refractivity contribution in [3.63, 3.8) is 0 Å². The largest absolute Gasteiger partial charge is 0.508 e. The molecule has 25 heavy (non-hydrogen) atoms. The molecule has 0 aliphatic rings. The minimum absolute atomic E-state index is 0.0129. The average Bonchev–Trinajstić information content (AvgIpc) is 2.83. The van der Waals surface area contributed by atoms with E-state index in [1.54, 1.807) is 13.0 Å². The number of nitrogens with zero attached hydrogens (tertiary/aromatic N) is 2. The first-order valence-corrected chi connectivity index (χ1v) is 8.39. The highest BCUT2D eigenvalue weighted by atomic mass is 16.3. The van der Waals surface area contributed by atoms with Gasteiger partial charge in [-0.1, -0.05) is 17.7 Å². The van der Waals surface area contributed by atoms with Crippen LogP contribution in [0.4, 0.5) is 0 Å². The van der Waals surface area contributed by atoms with Gasteiger partial charge in [0.25, 0.3) is 0 Å². The van der Waals surface area contributed by atoms with Crippen LogP contribution in [0.25, 0.3) is 16.6 Å². The summed E-state index contributed by atoms with van der Waals surface area (Å²) in [6.45, 7) is 6.18. The van der Waals surface area contributed by atoms with Gasteiger partial charge in [0, 0.05) is 34.4 Å². The molecule has 3 aromatic rings. The lowest BCUT2D eigenvalue weighted by Gasteiger charge is -2.14. The number of benzene rings is 2. The molecule has 4 nitrogen and oxygen atoms in total. The maximum Gasteiger partial charge on any atom is 0.162 e. The van der Waals surface area contributed by atoms with Gasteiger partial charge in [-0.25, -0.2) is 0 Å². The zero-order valence-corrected chi connectivity index (χ0v) is 15.4. The van der Waals surface area contributed by atoms with Crippen molar-refractivity contribution in [3.05, 3.63) is 58.8 Å². The van der Waals surface area contributed by atoms with Crippen molar-refractivity contribution in [2.24, 2.45) is 0 Å². The lowest BCUT2D eigenvalue weighted by molar-refractivity contribution is 0.101. The van der Waals surface area contributed by atoms with Crippen LogP contribution in [0.15, 0.2) is 36.4 Å². The molecule has 1 heterocycles. The van der Waals surface area contributed by atoms with Gasteiger partial charge in [-0.15, -0.1) is 0 Å². The molecule has 0 unspecified atom stereocenters. The summed E-state index contributed by atoms with van der Waals surface area (Å²) in [5.41, 5.74) is 5.53. The van der Waals surface area contributed by atoms with Crippen LogP contribution in [-0.4, -0.2) is 34.5 Å². The Bertz CT molecular complexity index is 950. The third-order valence-corrected chi connectivity index (χ3v) is 4.57. The normalized spacial score (nSPS) is 11.4. The number of hydrogen-bond acceptors (Lipinski definition) is 3. The zero-order valence-electron chi connectivity index (χ0n) is 15.4. The molecule has 1 N–H and O–H groups in total. The second-order valence-electron chi connectivity index (χ2n) is 6.88. The Morgan fingerprint density at radius 3 is 2.28 bits per heavy atom. The van der Waals surface area contributed by atoms with Gasteiger partial charge in [0.1, 0.15) is 5.75 Å². The first kappa shape index (κ1) is 17.2. The number of hydrogen-bond donors (Lipinski definition) is 1. The topological polar surface area (TPSA) is 45.5 Å². The molecule has 0 aliphatic heterocycles. The summed E-state index contributed by atoms with van der Waals surface area (Å²) >= 11 is 0. The molecule has 1 aromatic heterocycles. The van der Waals surface area contributed by atoms with Gasteiger partial charge in [0.05, 0.1) is 5.52 Å². The van der Waals surface area contributed by atoms with Crippen LogP contribution in [0.5, 0.6) is 5.75 Å². The second kappa shape index (κ2) is 6.37. The molecule has 0 atom stereocenters. The summed E-state index contributed by atoms with van der Waals surface area (Å²) in [5.74, 6) is 0.240. The maximum atomic E-state index is 12.4. The van der Waals surface area contributed by atoms with Crippen molar-refractivity contribution >= 4 is 16.7 Å². The number of aromatic hydroxyl groups is 1. The van der Waals surface area contributed by atoms with Gasteiger partial charge in [0.2, 0.25) is 0 Å². The lowest BCUT2D eigenvalue weighted by Crippen LogP contribution is -2.11. The first-order chi connectivity index (χ1) is 11.8. The van der Waals surface area contributed by atoms with Crippen molar-refractivity contribution in [1.29, 1.82) is 0 Å². The molecule has 0 saturated heterocycles. The molecule has 0 saturated carbocycles. The Hall–Kier alpha value is -2.59. The average molecular weight is 336 g/mol. The van der Waals surface area contributed by atoms with Gasteiger partial charge < -0.3 is 14.6 Å². The van der Waals surface area contributed by atoms with Crippen molar-refractivity contribution in [2.75, 3.05) is 14.1 Å². The molecule has 0 fully saturated rings. The van der Waals surface area contributed by atoms with E-state index in [1.165, 1.54) is 5.56 Å². The Morgan fingerprint density at radius 2 is 1.72 bits per heavy atom. The second-order valence-corrected chi connectivity index (χ2v) is 6.88. The summed E-state index contributed by atoms with van der Waals surface area (Å²) < 4.78 is 2.10. The zero-order chi connectivity index (χ0) is 18.3. The van der Waals surface area contributed by atoms with Gasteiger partial charge >= 0.3 is 0 Å². The lowest BCUT2D eigenvalue weighted by atomic mass is 10.0. The van der Waals surface area contributed by atoms with E-state index in [2.05, 4.69) is 35.8 Å². The highest BCUT2D eigenvalue weighted by molar-refractivity contribution is 6.10. The van der Waals surface area contributed by atoms with Crippen molar-refractivity contribution < 1.29 is 9.90 Å². The quantitative estimate of drug-likeness (QED) is 0.726. The summed E-state index contributed by atoms with van der Waals surface area (Å²) in [4.78, 5) is 14.4. The summed E-state index contributed by atoms with van der Waals surface area (Å²) in [5, 5.41) is 11.3. The van der Waals surface area contributed by atoms with E-state index >= 15 is 0 Å². The SMILES string of the molecule is CC(=O)c1c(C)n(-c2ccc(C)cc2)c2ccc(O)c(CN(C)C)c12. The molecule has 3 rings (SSSR count). The van der Waals surface area contributed by atoms with Crippen molar-refractivity contribution in [1.82, 2.24) is 9.47 Å². The van der Waals surface area contributed by atoms with E-state index in [4.69, 9.17) is 0 Å². The number of aryl methyl sites for hydroxylation is 1. The monoisotopic (exact) mass is 336 g/mol. The smallest absolute Gasteiger partial charge is 0.162 e. The number of aromatic nitrogens is 1. The molecule has 2 aromatic carbocycles. The number of carbonyl (C=O) groups excluding carboxylic acids is 1. The fourth-order valence-electron chi connectivity index (χ4n) is 3.50. The van der Waals surface area contributed by atoms with Crippen LogP contribution >= 0.6 is 0 Å². The van der Waals surface area contributed by atoms with E-state index in [1.807, 2.05) is 32.0 Å². The summed E-state index contributed by atoms with van der Waals surface area (Å²) in [6, 6.07) is 11.9. The number of ketones is 1. The van der Waals surface area contributed by atoms with Crippen molar-refractivity contribution in [3.8, 4) is 11.4 Å². The number of phenols is 1. The predicted molar refractivity (Wildman–Crippen MR) is 102 cm³/mol. The number of phenolic OH excluding ortho intramolecular Hbond substituents is 1. The summed E-state index contributed by atoms with van der Waals surface area (Å²) in [7, 11) is 3.91. The van der Waals surface area contributed by atoms with Crippen LogP contribution in [0.1, 0.15) is 34.1 Å². The van der Waals surface area contributed by atoms with Crippen LogP contribution in [0.2, 0.25) is 0 Å². The molecular formula is C21H24N2O2. The minimum Gasteiger partial charge on any atom is -0.508 e. The molecule has 0 amide bonds. The third kappa shape index (κ3) is 2.94. The highest BCUT2D eigenvalue weighted by Gasteiger charge is 2.22. The number of rotatable bonds is 4. The Morgan fingerprint density at radius 1 is 1.08 bits per heavy atom. The molecular weight excluding hydrogens is 312 g/mol. The molecule has 0 spiro atoms. The van der Waals surface area contributed by atoms with Gasteiger partial charge in [-0.05, 0) is 59.1 Å². The molecule has 130 valence electrons. The predicted octanol–water partition coefficient (Wildman–Crippen LogP) is 4.22. The number of fused-ring (bicyclic) bond motifs is 1. The number of Topliss-reactive ketones (excluding diaryl/α,β-unsaturated/α-hetero) is 1. The minimum atomic E-state index is 0.0129. The maximum absolute atomic E-state index is 12.4. The molecule has 4 heteroatoms. The fourth-order valence-corrected chi connectivity index (χ4v) is 3.50. The van der Waals surface area contributed by atoms with Crippen LogP contribution in [-0.2, 0) is 6.54 Å². The van der Waals surface area contributed by atoms with Crippen molar-refractivity contribution in [2.45, 2.75) is 27.3 Å². The van der Waals surface area contributed by atoms with Gasteiger partial charge in [0.15, 0.2) is 5.78 Å². The highest BCUT2D eigenvalue weighted by Crippen LogP contribution is 2.36. The van der Waals surface area contributed by atoms with Crippen LogP contribution in [0.3, 0.4) is 0 Å². The van der Waals surface area contributed by atoms with E-state index in [0.29, 0.717) is 12.1 Å². The molecule has 0 aliphatic carbocycles. The van der Waals surface area contributed by atoms with E-state index < -0.39 is 0 Å². The Kier molecular flexibility index (Phi) is 4.39. The molecule has 0 radical (unpaired) electrons. The van der Waals surface area contributed by atoms with Crippen LogP contribution in [0, 0.1) is 13.8 Å². The Balaban J connectivity index is 2.42. The van der Waals surface area contributed by atoms with Crippen LogP contribution < -0.4 is 0 Å². The first-order valence-electron chi connectivity index (χ1n) is 8.39.